The molecule has 1 aromatic heterocycles. The lowest BCUT2D eigenvalue weighted by Crippen LogP contribution is -2.54. The van der Waals surface area contributed by atoms with Gasteiger partial charge in [0, 0.05) is 50.0 Å². The standard InChI is InChI=1S/C29H31N5O5/c35-27(36)25(16-21-10-11-26(30-17-21)39-19-20-6-2-1-3-7-20)32-28(37)33-14-12-23(13-15-33)34-18-22-8-4-5-9-24(22)31-29(34)38/h1-11,17,23,25H,12-16,18-19H2,(H,31,38)(H,32,37)(H,35,36). The fourth-order valence-corrected chi connectivity index (χ4v) is 4.92. The zero-order valence-corrected chi connectivity index (χ0v) is 21.5. The van der Waals surface area contributed by atoms with Crippen molar-refractivity contribution in [3.63, 3.8) is 0 Å². The molecule has 0 spiro atoms. The molecule has 10 nitrogen and oxygen atoms in total. The number of carbonyl (C=O) groups excluding carboxylic acids is 2. The smallest absolute Gasteiger partial charge is 0.326 e. The van der Waals surface area contributed by atoms with Gasteiger partial charge in [-0.15, -0.1) is 0 Å². The van der Waals surface area contributed by atoms with Crippen LogP contribution in [0.1, 0.15) is 29.5 Å². The molecule has 202 valence electrons. The Morgan fingerprint density at radius 3 is 2.49 bits per heavy atom. The maximum atomic E-state index is 12.9. The van der Waals surface area contributed by atoms with Crippen LogP contribution in [0.15, 0.2) is 72.9 Å². The van der Waals surface area contributed by atoms with Crippen molar-refractivity contribution in [2.24, 2.45) is 0 Å². The van der Waals surface area contributed by atoms with Crippen LogP contribution in [0.25, 0.3) is 0 Å². The summed E-state index contributed by atoms with van der Waals surface area (Å²) < 4.78 is 5.69. The fourth-order valence-electron chi connectivity index (χ4n) is 4.92. The number of ether oxygens (including phenoxy) is 1. The van der Waals surface area contributed by atoms with Crippen LogP contribution >= 0.6 is 0 Å². The Hall–Kier alpha value is -4.60. The van der Waals surface area contributed by atoms with Gasteiger partial charge in [-0.25, -0.2) is 19.4 Å². The first kappa shape index (κ1) is 26.0. The Labute approximate surface area is 226 Å². The predicted octanol–water partition coefficient (Wildman–Crippen LogP) is 3.88. The van der Waals surface area contributed by atoms with Crippen molar-refractivity contribution < 1.29 is 24.2 Å². The molecule has 39 heavy (non-hydrogen) atoms. The maximum absolute atomic E-state index is 12.9. The van der Waals surface area contributed by atoms with Crippen LogP contribution in [-0.2, 0) is 24.4 Å². The molecule has 2 aliphatic heterocycles. The van der Waals surface area contributed by atoms with Crippen LogP contribution < -0.4 is 15.4 Å². The number of aromatic nitrogens is 1. The van der Waals surface area contributed by atoms with Gasteiger partial charge in [-0.05, 0) is 35.6 Å². The molecule has 4 amide bonds. The Bertz CT molecular complexity index is 1310. The number of benzene rings is 2. The molecule has 1 saturated heterocycles. The predicted molar refractivity (Wildman–Crippen MR) is 144 cm³/mol. The first-order valence-electron chi connectivity index (χ1n) is 13.0. The molecule has 3 N–H and O–H groups in total. The Balaban J connectivity index is 1.11. The van der Waals surface area contributed by atoms with Gasteiger partial charge in [0.25, 0.3) is 0 Å². The van der Waals surface area contributed by atoms with Gasteiger partial charge < -0.3 is 30.3 Å². The molecule has 3 aromatic rings. The van der Waals surface area contributed by atoms with E-state index in [1.807, 2.05) is 59.5 Å². The third kappa shape index (κ3) is 6.46. The van der Waals surface area contributed by atoms with Gasteiger partial charge in [-0.1, -0.05) is 54.6 Å². The molecule has 1 fully saturated rings. The summed E-state index contributed by atoms with van der Waals surface area (Å²) in [5.74, 6) is -0.682. The number of pyridine rings is 1. The molecule has 3 heterocycles. The highest BCUT2D eigenvalue weighted by Gasteiger charge is 2.33. The highest BCUT2D eigenvalue weighted by molar-refractivity contribution is 5.92. The zero-order chi connectivity index (χ0) is 27.2. The Kier molecular flexibility index (Phi) is 7.91. The molecule has 2 aliphatic rings. The number of anilines is 1. The van der Waals surface area contributed by atoms with Crippen LogP contribution in [0.5, 0.6) is 5.88 Å². The van der Waals surface area contributed by atoms with E-state index in [0.29, 0.717) is 50.5 Å². The summed E-state index contributed by atoms with van der Waals surface area (Å²) in [6.45, 7) is 1.78. The van der Waals surface area contributed by atoms with Crippen molar-refractivity contribution in [3.8, 4) is 5.88 Å². The van der Waals surface area contributed by atoms with Crippen LogP contribution in [0.2, 0.25) is 0 Å². The second kappa shape index (κ2) is 11.8. The minimum Gasteiger partial charge on any atom is -0.480 e. The summed E-state index contributed by atoms with van der Waals surface area (Å²) in [6, 6.07) is 19.2. The first-order chi connectivity index (χ1) is 19.0. The summed E-state index contributed by atoms with van der Waals surface area (Å²) in [5.41, 5.74) is 3.59. The van der Waals surface area contributed by atoms with Gasteiger partial charge in [-0.3, -0.25) is 0 Å². The Morgan fingerprint density at radius 1 is 1.03 bits per heavy atom. The van der Waals surface area contributed by atoms with E-state index in [1.165, 1.54) is 0 Å². The van der Waals surface area contributed by atoms with E-state index >= 15 is 0 Å². The number of carbonyl (C=O) groups is 3. The van der Waals surface area contributed by atoms with Crippen molar-refractivity contribution in [1.29, 1.82) is 0 Å². The number of urea groups is 2. The van der Waals surface area contributed by atoms with E-state index in [4.69, 9.17) is 4.74 Å². The van der Waals surface area contributed by atoms with Crippen LogP contribution in [0.4, 0.5) is 15.3 Å². The first-order valence-corrected chi connectivity index (χ1v) is 13.0. The minimum atomic E-state index is -1.12. The van der Waals surface area contributed by atoms with Gasteiger partial charge in [0.05, 0.1) is 0 Å². The molecule has 0 radical (unpaired) electrons. The van der Waals surface area contributed by atoms with Crippen LogP contribution in [0.3, 0.4) is 0 Å². The highest BCUT2D eigenvalue weighted by Crippen LogP contribution is 2.27. The van der Waals surface area contributed by atoms with E-state index in [9.17, 15) is 19.5 Å². The number of amides is 4. The quantitative estimate of drug-likeness (QED) is 0.407. The monoisotopic (exact) mass is 529 g/mol. The lowest BCUT2D eigenvalue weighted by Gasteiger charge is -2.40. The molecule has 5 rings (SSSR count). The largest absolute Gasteiger partial charge is 0.480 e. The molecule has 0 bridgehead atoms. The van der Waals surface area contributed by atoms with Crippen molar-refractivity contribution in [2.45, 2.75) is 44.5 Å². The average molecular weight is 530 g/mol. The van der Waals surface area contributed by atoms with Crippen molar-refractivity contribution in [1.82, 2.24) is 20.1 Å². The second-order valence-corrected chi connectivity index (χ2v) is 9.76. The highest BCUT2D eigenvalue weighted by atomic mass is 16.5. The van der Waals surface area contributed by atoms with E-state index in [0.717, 1.165) is 16.8 Å². The summed E-state index contributed by atoms with van der Waals surface area (Å²) in [4.78, 5) is 45.2. The lowest BCUT2D eigenvalue weighted by molar-refractivity contribution is -0.139. The third-order valence-corrected chi connectivity index (χ3v) is 7.12. The number of hydrogen-bond donors (Lipinski definition) is 3. The van der Waals surface area contributed by atoms with E-state index in [1.54, 1.807) is 23.2 Å². The van der Waals surface area contributed by atoms with E-state index < -0.39 is 18.0 Å². The van der Waals surface area contributed by atoms with Gasteiger partial charge in [-0.2, -0.15) is 0 Å². The van der Waals surface area contributed by atoms with Crippen LogP contribution in [-0.4, -0.2) is 63.1 Å². The van der Waals surface area contributed by atoms with E-state index in [-0.39, 0.29) is 18.5 Å². The molecule has 10 heteroatoms. The van der Waals surface area contributed by atoms with Crippen molar-refractivity contribution in [2.75, 3.05) is 18.4 Å². The third-order valence-electron chi connectivity index (χ3n) is 7.12. The normalized spacial score (nSPS) is 16.2. The minimum absolute atomic E-state index is 0.00590. The molecule has 0 saturated carbocycles. The zero-order valence-electron chi connectivity index (χ0n) is 21.5. The number of nitrogens with one attached hydrogen (secondary N) is 2. The summed E-state index contributed by atoms with van der Waals surface area (Å²) in [5, 5.41) is 15.3. The number of fused-ring (bicyclic) bond motifs is 1. The summed E-state index contributed by atoms with van der Waals surface area (Å²) in [7, 11) is 0. The fraction of sp³-hybridized carbons (Fsp3) is 0.310. The van der Waals surface area contributed by atoms with Crippen molar-refractivity contribution in [3.05, 3.63) is 89.6 Å². The molecule has 2 aromatic carbocycles. The maximum Gasteiger partial charge on any atom is 0.326 e. The van der Waals surface area contributed by atoms with Gasteiger partial charge in [0.2, 0.25) is 5.88 Å². The number of carboxylic acids is 1. The summed E-state index contributed by atoms with van der Waals surface area (Å²) in [6.07, 6.45) is 2.90. The number of rotatable bonds is 8. The SMILES string of the molecule is O=C(O)C(Cc1ccc(OCc2ccccc2)nc1)NC(=O)N1CCC(N2Cc3ccccc3NC2=O)CC1. The van der Waals surface area contributed by atoms with Crippen LogP contribution in [0, 0.1) is 0 Å². The average Bonchev–Trinajstić information content (AvgIpc) is 2.96. The molecule has 0 aliphatic carbocycles. The number of nitrogens with zero attached hydrogens (tertiary/aromatic N) is 3. The van der Waals surface area contributed by atoms with Crippen molar-refractivity contribution >= 4 is 23.7 Å². The number of likely N-dealkylation sites (tertiary alicyclic amines) is 1. The molecule has 1 atom stereocenters. The molecular formula is C29H31N5O5. The summed E-state index contributed by atoms with van der Waals surface area (Å²) >= 11 is 0. The number of aliphatic carboxylic acids is 1. The van der Waals surface area contributed by atoms with Gasteiger partial charge in [0.15, 0.2) is 0 Å². The molecule has 1 unspecified atom stereocenters. The topological polar surface area (TPSA) is 124 Å². The number of hydrogen-bond acceptors (Lipinski definition) is 5. The number of piperidine rings is 1. The lowest BCUT2D eigenvalue weighted by atomic mass is 10.0. The molecular weight excluding hydrogens is 498 g/mol. The van der Waals surface area contributed by atoms with Gasteiger partial charge in [0.1, 0.15) is 12.6 Å². The van der Waals surface area contributed by atoms with E-state index in [2.05, 4.69) is 15.6 Å². The number of para-hydroxylation sites is 1. The second-order valence-electron chi connectivity index (χ2n) is 9.76. The Morgan fingerprint density at radius 2 is 1.77 bits per heavy atom. The van der Waals surface area contributed by atoms with Gasteiger partial charge >= 0.3 is 18.0 Å². The number of carboxylic acid groups (broad SMARTS) is 1.